The Balaban J connectivity index is 2.90. The molecule has 1 unspecified atom stereocenters. The average molecular weight is 319 g/mol. The zero-order valence-corrected chi connectivity index (χ0v) is 13.1. The third kappa shape index (κ3) is 4.99. The number of nitrogens with one attached hydrogen (secondary N) is 1. The van der Waals surface area contributed by atoms with Crippen molar-refractivity contribution in [1.29, 1.82) is 0 Å². The molecule has 0 amide bonds. The highest BCUT2D eigenvalue weighted by atomic mass is 79.9. The SMILES string of the molecule is CCCNC(CC(C)C)c1cc(Br)ccc1Cl. The second-order valence-electron chi connectivity index (χ2n) is 4.80. The van der Waals surface area contributed by atoms with Gasteiger partial charge in [-0.1, -0.05) is 48.3 Å². The van der Waals surface area contributed by atoms with Crippen LogP contribution in [0.25, 0.3) is 0 Å². The van der Waals surface area contributed by atoms with Gasteiger partial charge in [-0.2, -0.15) is 0 Å². The first-order valence-corrected chi connectivity index (χ1v) is 7.40. The average Bonchev–Trinajstić information content (AvgIpc) is 2.27. The van der Waals surface area contributed by atoms with Gasteiger partial charge in [0.1, 0.15) is 0 Å². The van der Waals surface area contributed by atoms with Gasteiger partial charge in [0.15, 0.2) is 0 Å². The van der Waals surface area contributed by atoms with Gasteiger partial charge in [0.05, 0.1) is 0 Å². The van der Waals surface area contributed by atoms with E-state index in [1.54, 1.807) is 0 Å². The molecule has 0 saturated carbocycles. The summed E-state index contributed by atoms with van der Waals surface area (Å²) in [5.74, 6) is 0.652. The molecule has 96 valence electrons. The number of rotatable bonds is 6. The Bertz CT molecular complexity index is 352. The first kappa shape index (κ1) is 15.0. The first-order chi connectivity index (χ1) is 8.04. The maximum atomic E-state index is 6.29. The molecule has 1 N–H and O–H groups in total. The number of benzene rings is 1. The molecule has 0 saturated heterocycles. The van der Waals surface area contributed by atoms with Gasteiger partial charge in [-0.15, -0.1) is 0 Å². The Kier molecular flexibility index (Phi) is 6.53. The Morgan fingerprint density at radius 1 is 1.35 bits per heavy atom. The minimum Gasteiger partial charge on any atom is -0.310 e. The smallest absolute Gasteiger partial charge is 0.0454 e. The minimum atomic E-state index is 0.347. The molecule has 0 spiro atoms. The lowest BCUT2D eigenvalue weighted by Gasteiger charge is -2.22. The molecular weight excluding hydrogens is 298 g/mol. The first-order valence-electron chi connectivity index (χ1n) is 6.23. The standard InChI is InChI=1S/C14H21BrClN/c1-4-7-17-14(8-10(2)3)12-9-11(15)5-6-13(12)16/h5-6,9-10,14,17H,4,7-8H2,1-3H3. The predicted octanol–water partition coefficient (Wildman–Crippen LogP) is 5.19. The maximum Gasteiger partial charge on any atom is 0.0454 e. The zero-order chi connectivity index (χ0) is 12.8. The van der Waals surface area contributed by atoms with Gasteiger partial charge >= 0.3 is 0 Å². The lowest BCUT2D eigenvalue weighted by atomic mass is 9.97. The molecule has 1 atom stereocenters. The van der Waals surface area contributed by atoms with Crippen LogP contribution >= 0.6 is 27.5 Å². The molecule has 1 aromatic carbocycles. The molecule has 0 aliphatic heterocycles. The van der Waals surface area contributed by atoms with E-state index in [9.17, 15) is 0 Å². The van der Waals surface area contributed by atoms with Crippen LogP contribution in [0.2, 0.25) is 5.02 Å². The van der Waals surface area contributed by atoms with E-state index in [-0.39, 0.29) is 0 Å². The van der Waals surface area contributed by atoms with E-state index < -0.39 is 0 Å². The number of halogens is 2. The van der Waals surface area contributed by atoms with Gasteiger partial charge in [0.2, 0.25) is 0 Å². The van der Waals surface area contributed by atoms with Gasteiger partial charge in [-0.25, -0.2) is 0 Å². The second-order valence-corrected chi connectivity index (χ2v) is 6.12. The number of hydrogen-bond donors (Lipinski definition) is 1. The molecule has 1 aromatic rings. The zero-order valence-electron chi connectivity index (χ0n) is 10.8. The summed E-state index contributed by atoms with van der Waals surface area (Å²) in [5, 5.41) is 4.43. The molecule has 0 radical (unpaired) electrons. The van der Waals surface area contributed by atoms with E-state index in [4.69, 9.17) is 11.6 Å². The Labute approximate surface area is 118 Å². The topological polar surface area (TPSA) is 12.0 Å². The summed E-state index contributed by atoms with van der Waals surface area (Å²) in [6.45, 7) is 7.70. The third-order valence-electron chi connectivity index (χ3n) is 2.68. The summed E-state index contributed by atoms with van der Waals surface area (Å²) in [7, 11) is 0. The lowest BCUT2D eigenvalue weighted by Crippen LogP contribution is -2.23. The van der Waals surface area contributed by atoms with Crippen molar-refractivity contribution in [1.82, 2.24) is 5.32 Å². The molecule has 0 heterocycles. The van der Waals surface area contributed by atoms with Crippen LogP contribution in [0, 0.1) is 5.92 Å². The number of hydrogen-bond acceptors (Lipinski definition) is 1. The van der Waals surface area contributed by atoms with Crippen LogP contribution in [0.5, 0.6) is 0 Å². The highest BCUT2D eigenvalue weighted by Gasteiger charge is 2.15. The van der Waals surface area contributed by atoms with Gasteiger partial charge < -0.3 is 5.32 Å². The minimum absolute atomic E-state index is 0.347. The summed E-state index contributed by atoms with van der Waals surface area (Å²) in [6, 6.07) is 6.41. The van der Waals surface area contributed by atoms with E-state index in [0.29, 0.717) is 12.0 Å². The fourth-order valence-electron chi connectivity index (χ4n) is 1.89. The Morgan fingerprint density at radius 3 is 2.65 bits per heavy atom. The highest BCUT2D eigenvalue weighted by molar-refractivity contribution is 9.10. The van der Waals surface area contributed by atoms with Gasteiger partial charge in [0, 0.05) is 15.5 Å². The molecule has 0 bridgehead atoms. The van der Waals surface area contributed by atoms with Crippen molar-refractivity contribution >= 4 is 27.5 Å². The van der Waals surface area contributed by atoms with Crippen molar-refractivity contribution in [3.05, 3.63) is 33.3 Å². The summed E-state index contributed by atoms with van der Waals surface area (Å²) >= 11 is 9.81. The molecule has 0 aliphatic rings. The van der Waals surface area contributed by atoms with Crippen LogP contribution in [0.15, 0.2) is 22.7 Å². The molecule has 1 rings (SSSR count). The maximum absolute atomic E-state index is 6.29. The fraction of sp³-hybridized carbons (Fsp3) is 0.571. The van der Waals surface area contributed by atoms with Crippen LogP contribution in [0.4, 0.5) is 0 Å². The van der Waals surface area contributed by atoms with Gasteiger partial charge in [-0.3, -0.25) is 0 Å². The van der Waals surface area contributed by atoms with Gasteiger partial charge in [-0.05, 0) is 49.1 Å². The van der Waals surface area contributed by atoms with Crippen LogP contribution in [-0.2, 0) is 0 Å². The van der Waals surface area contributed by atoms with Crippen molar-refractivity contribution in [2.75, 3.05) is 6.54 Å². The van der Waals surface area contributed by atoms with Crippen molar-refractivity contribution in [2.45, 2.75) is 39.7 Å². The molecule has 0 aliphatic carbocycles. The van der Waals surface area contributed by atoms with Crippen LogP contribution in [0.3, 0.4) is 0 Å². The summed E-state index contributed by atoms with van der Waals surface area (Å²) in [4.78, 5) is 0. The highest BCUT2D eigenvalue weighted by Crippen LogP contribution is 2.30. The molecule has 17 heavy (non-hydrogen) atoms. The predicted molar refractivity (Wildman–Crippen MR) is 79.6 cm³/mol. The summed E-state index contributed by atoms with van der Waals surface area (Å²) in [6.07, 6.45) is 2.25. The Hall–Kier alpha value is -0.0500. The monoisotopic (exact) mass is 317 g/mol. The van der Waals surface area contributed by atoms with E-state index in [1.807, 2.05) is 12.1 Å². The Morgan fingerprint density at radius 2 is 2.06 bits per heavy atom. The van der Waals surface area contributed by atoms with Crippen LogP contribution < -0.4 is 5.32 Å². The molecule has 0 aromatic heterocycles. The van der Waals surface area contributed by atoms with Crippen LogP contribution in [0.1, 0.15) is 45.2 Å². The molecule has 1 nitrogen and oxygen atoms in total. The van der Waals surface area contributed by atoms with Crippen molar-refractivity contribution in [3.8, 4) is 0 Å². The molecular formula is C14H21BrClN. The summed E-state index contributed by atoms with van der Waals surface area (Å²) in [5.41, 5.74) is 1.20. The second kappa shape index (κ2) is 7.40. The van der Waals surface area contributed by atoms with Crippen molar-refractivity contribution < 1.29 is 0 Å². The van der Waals surface area contributed by atoms with E-state index in [0.717, 1.165) is 28.9 Å². The van der Waals surface area contributed by atoms with Crippen LogP contribution in [-0.4, -0.2) is 6.54 Å². The van der Waals surface area contributed by atoms with Crippen molar-refractivity contribution in [2.24, 2.45) is 5.92 Å². The quantitative estimate of drug-likeness (QED) is 0.761. The molecule has 3 heteroatoms. The molecule has 0 fully saturated rings. The third-order valence-corrected chi connectivity index (χ3v) is 3.52. The van der Waals surface area contributed by atoms with Gasteiger partial charge in [0.25, 0.3) is 0 Å². The largest absolute Gasteiger partial charge is 0.310 e. The fourth-order valence-corrected chi connectivity index (χ4v) is 2.52. The van der Waals surface area contributed by atoms with E-state index in [1.165, 1.54) is 5.56 Å². The lowest BCUT2D eigenvalue weighted by molar-refractivity contribution is 0.430. The van der Waals surface area contributed by atoms with E-state index in [2.05, 4.69) is 48.1 Å². The normalized spacial score (nSPS) is 13.1. The van der Waals surface area contributed by atoms with E-state index >= 15 is 0 Å². The summed E-state index contributed by atoms with van der Waals surface area (Å²) < 4.78 is 1.09. The van der Waals surface area contributed by atoms with Crippen molar-refractivity contribution in [3.63, 3.8) is 0 Å².